The molecule has 1 N–H and O–H groups in total. The lowest BCUT2D eigenvalue weighted by Gasteiger charge is -2.28. The van der Waals surface area contributed by atoms with E-state index in [9.17, 15) is 0 Å². The fourth-order valence-electron chi connectivity index (χ4n) is 2.58. The molecule has 1 aliphatic heterocycles. The van der Waals surface area contributed by atoms with Gasteiger partial charge in [0.15, 0.2) is 0 Å². The molecule has 0 aromatic carbocycles. The molecule has 0 aliphatic carbocycles. The van der Waals surface area contributed by atoms with Crippen molar-refractivity contribution in [2.75, 3.05) is 26.7 Å². The number of hydrogen-bond acceptors (Lipinski definition) is 3. The van der Waals surface area contributed by atoms with Gasteiger partial charge in [-0.25, -0.2) is 0 Å². The summed E-state index contributed by atoms with van der Waals surface area (Å²) < 4.78 is 1.86. The molecular weight excluding hydrogens is 200 g/mol. The van der Waals surface area contributed by atoms with E-state index < -0.39 is 0 Å². The minimum absolute atomic E-state index is 0.441. The van der Waals surface area contributed by atoms with Crippen molar-refractivity contribution >= 4 is 0 Å². The zero-order valence-corrected chi connectivity index (χ0v) is 10.5. The molecule has 1 aliphatic rings. The van der Waals surface area contributed by atoms with E-state index in [4.69, 9.17) is 0 Å². The molecule has 1 saturated heterocycles. The Morgan fingerprint density at radius 2 is 2.44 bits per heavy atom. The summed E-state index contributed by atoms with van der Waals surface area (Å²) in [5.41, 5.74) is 1.73. The Kier molecular flexibility index (Phi) is 3.30. The number of nitrogens with one attached hydrogen (secondary N) is 1. The highest BCUT2D eigenvalue weighted by Gasteiger charge is 2.29. The van der Waals surface area contributed by atoms with Gasteiger partial charge in [-0.3, -0.25) is 4.68 Å². The maximum atomic E-state index is 4.20. The first-order valence-corrected chi connectivity index (χ1v) is 5.94. The summed E-state index contributed by atoms with van der Waals surface area (Å²) in [7, 11) is 4.16. The van der Waals surface area contributed by atoms with Crippen molar-refractivity contribution in [3.05, 3.63) is 18.0 Å². The van der Waals surface area contributed by atoms with Crippen molar-refractivity contribution < 1.29 is 0 Å². The van der Waals surface area contributed by atoms with E-state index >= 15 is 0 Å². The SMILES string of the molecule is CN(Cc1cnn(C)c1)CC1(C)CCNC1. The van der Waals surface area contributed by atoms with E-state index in [0.717, 1.165) is 26.2 Å². The summed E-state index contributed by atoms with van der Waals surface area (Å²) in [5.74, 6) is 0. The Bertz CT molecular complexity index is 339. The Labute approximate surface area is 97.6 Å². The van der Waals surface area contributed by atoms with Gasteiger partial charge in [0.2, 0.25) is 0 Å². The number of nitrogens with zero attached hydrogens (tertiary/aromatic N) is 3. The van der Waals surface area contributed by atoms with Gasteiger partial charge in [0.05, 0.1) is 6.20 Å². The number of hydrogen-bond donors (Lipinski definition) is 1. The molecule has 0 saturated carbocycles. The molecule has 0 amide bonds. The van der Waals surface area contributed by atoms with Crippen LogP contribution in [0.25, 0.3) is 0 Å². The van der Waals surface area contributed by atoms with Crippen LogP contribution in [0.5, 0.6) is 0 Å². The van der Waals surface area contributed by atoms with Gasteiger partial charge in [0.1, 0.15) is 0 Å². The lowest BCUT2D eigenvalue weighted by atomic mass is 9.89. The van der Waals surface area contributed by atoms with E-state index in [-0.39, 0.29) is 0 Å². The van der Waals surface area contributed by atoms with Crippen LogP contribution in [0.1, 0.15) is 18.9 Å². The normalized spacial score (nSPS) is 25.5. The average molecular weight is 222 g/mol. The van der Waals surface area contributed by atoms with Crippen LogP contribution < -0.4 is 5.32 Å². The lowest BCUT2D eigenvalue weighted by molar-refractivity contribution is 0.203. The number of aryl methyl sites for hydroxylation is 1. The van der Waals surface area contributed by atoms with Crippen LogP contribution in [-0.2, 0) is 13.6 Å². The van der Waals surface area contributed by atoms with Crippen molar-refractivity contribution in [1.29, 1.82) is 0 Å². The molecule has 1 aromatic heterocycles. The van der Waals surface area contributed by atoms with Crippen molar-refractivity contribution in [2.45, 2.75) is 19.9 Å². The molecule has 16 heavy (non-hydrogen) atoms. The van der Waals surface area contributed by atoms with Crippen LogP contribution in [0.3, 0.4) is 0 Å². The first-order valence-electron chi connectivity index (χ1n) is 5.94. The summed E-state index contributed by atoms with van der Waals surface area (Å²) in [6.07, 6.45) is 5.32. The second-order valence-electron chi connectivity index (χ2n) is 5.43. The largest absolute Gasteiger partial charge is 0.316 e. The van der Waals surface area contributed by atoms with Crippen LogP contribution in [0.15, 0.2) is 12.4 Å². The summed E-state index contributed by atoms with van der Waals surface area (Å²) in [4.78, 5) is 2.39. The van der Waals surface area contributed by atoms with Crippen LogP contribution in [0, 0.1) is 5.41 Å². The van der Waals surface area contributed by atoms with Crippen LogP contribution in [0.2, 0.25) is 0 Å². The minimum atomic E-state index is 0.441. The van der Waals surface area contributed by atoms with E-state index in [2.05, 4.69) is 35.5 Å². The third kappa shape index (κ3) is 2.83. The molecule has 2 rings (SSSR count). The highest BCUT2D eigenvalue weighted by atomic mass is 15.2. The van der Waals surface area contributed by atoms with Crippen LogP contribution in [-0.4, -0.2) is 41.4 Å². The van der Waals surface area contributed by atoms with Crippen LogP contribution in [0.4, 0.5) is 0 Å². The highest BCUT2D eigenvalue weighted by molar-refractivity contribution is 5.03. The average Bonchev–Trinajstić information content (AvgIpc) is 2.75. The standard InChI is InChI=1S/C12H22N4/c1-12(4-5-13-9-12)10-15(2)7-11-6-14-16(3)8-11/h6,8,13H,4-5,7,9-10H2,1-3H3. The molecule has 0 radical (unpaired) electrons. The van der Waals surface area contributed by atoms with Crippen molar-refractivity contribution in [3.8, 4) is 0 Å². The van der Waals surface area contributed by atoms with Gasteiger partial charge in [-0.15, -0.1) is 0 Å². The Morgan fingerprint density at radius 1 is 1.62 bits per heavy atom. The fourth-order valence-corrected chi connectivity index (χ4v) is 2.58. The maximum absolute atomic E-state index is 4.20. The fraction of sp³-hybridized carbons (Fsp3) is 0.750. The van der Waals surface area contributed by atoms with Gasteiger partial charge in [0, 0.05) is 38.4 Å². The van der Waals surface area contributed by atoms with Gasteiger partial charge >= 0.3 is 0 Å². The Morgan fingerprint density at radius 3 is 3.00 bits per heavy atom. The topological polar surface area (TPSA) is 33.1 Å². The smallest absolute Gasteiger partial charge is 0.0534 e. The summed E-state index contributed by atoms with van der Waals surface area (Å²) in [6, 6.07) is 0. The Balaban J connectivity index is 1.86. The predicted octanol–water partition coefficient (Wildman–Crippen LogP) is 0.851. The third-order valence-electron chi connectivity index (χ3n) is 3.32. The van der Waals surface area contributed by atoms with Crippen molar-refractivity contribution in [1.82, 2.24) is 20.0 Å². The van der Waals surface area contributed by atoms with E-state index in [1.54, 1.807) is 0 Å². The minimum Gasteiger partial charge on any atom is -0.316 e. The lowest BCUT2D eigenvalue weighted by Crippen LogP contribution is -2.34. The molecule has 4 nitrogen and oxygen atoms in total. The highest BCUT2D eigenvalue weighted by Crippen LogP contribution is 2.25. The third-order valence-corrected chi connectivity index (χ3v) is 3.32. The van der Waals surface area contributed by atoms with E-state index in [0.29, 0.717) is 5.41 Å². The van der Waals surface area contributed by atoms with Gasteiger partial charge in [-0.05, 0) is 25.4 Å². The van der Waals surface area contributed by atoms with Gasteiger partial charge in [0.25, 0.3) is 0 Å². The molecule has 1 aromatic rings. The van der Waals surface area contributed by atoms with Gasteiger partial charge in [-0.1, -0.05) is 6.92 Å². The van der Waals surface area contributed by atoms with Crippen molar-refractivity contribution in [3.63, 3.8) is 0 Å². The molecule has 90 valence electrons. The first kappa shape index (κ1) is 11.6. The molecule has 1 atom stereocenters. The van der Waals surface area contributed by atoms with Crippen molar-refractivity contribution in [2.24, 2.45) is 12.5 Å². The molecule has 0 spiro atoms. The van der Waals surface area contributed by atoms with Gasteiger partial charge < -0.3 is 10.2 Å². The van der Waals surface area contributed by atoms with E-state index in [1.165, 1.54) is 12.0 Å². The number of rotatable bonds is 4. The molecule has 0 bridgehead atoms. The molecule has 1 unspecified atom stereocenters. The first-order chi connectivity index (χ1) is 7.57. The molecule has 4 heteroatoms. The Hall–Kier alpha value is -0.870. The molecule has 2 heterocycles. The second kappa shape index (κ2) is 4.55. The predicted molar refractivity (Wildman–Crippen MR) is 65.1 cm³/mol. The summed E-state index contributed by atoms with van der Waals surface area (Å²) >= 11 is 0. The van der Waals surface area contributed by atoms with E-state index in [1.807, 2.05) is 17.9 Å². The zero-order chi connectivity index (χ0) is 11.6. The maximum Gasteiger partial charge on any atom is 0.0534 e. The summed E-state index contributed by atoms with van der Waals surface area (Å²) in [5, 5.41) is 7.64. The monoisotopic (exact) mass is 222 g/mol. The summed E-state index contributed by atoms with van der Waals surface area (Å²) in [6.45, 7) is 6.81. The zero-order valence-electron chi connectivity index (χ0n) is 10.5. The number of aromatic nitrogens is 2. The van der Waals surface area contributed by atoms with Crippen LogP contribution >= 0.6 is 0 Å². The molecule has 1 fully saturated rings. The quantitative estimate of drug-likeness (QED) is 0.820. The second-order valence-corrected chi connectivity index (χ2v) is 5.43. The van der Waals surface area contributed by atoms with Gasteiger partial charge in [-0.2, -0.15) is 5.10 Å². The molecular formula is C12H22N4.